The molecule has 0 atom stereocenters. The van der Waals surface area contributed by atoms with E-state index in [1.165, 1.54) is 0 Å². The van der Waals surface area contributed by atoms with E-state index in [1.54, 1.807) is 32.4 Å². The van der Waals surface area contributed by atoms with E-state index in [0.29, 0.717) is 46.3 Å². The minimum Gasteiger partial charge on any atom is -0.493 e. The molecule has 26 heavy (non-hydrogen) atoms. The van der Waals surface area contributed by atoms with Crippen molar-refractivity contribution in [3.05, 3.63) is 63.2 Å². The van der Waals surface area contributed by atoms with Gasteiger partial charge in [-0.15, -0.1) is 0 Å². The van der Waals surface area contributed by atoms with Crippen LogP contribution in [0.3, 0.4) is 0 Å². The molecule has 136 valence electrons. The third kappa shape index (κ3) is 3.98. The number of methoxy groups -OCH3 is 2. The normalized spacial score (nSPS) is 11.1. The molecule has 1 heterocycles. The molecule has 0 aliphatic heterocycles. The number of H-pyrrole nitrogens is 1. The first-order chi connectivity index (χ1) is 12.5. The van der Waals surface area contributed by atoms with Crippen molar-refractivity contribution in [1.29, 1.82) is 0 Å². The molecule has 3 aromatic rings. The summed E-state index contributed by atoms with van der Waals surface area (Å²) >= 11 is 6.00. The lowest BCUT2D eigenvalue weighted by atomic mass is 10.2. The predicted octanol–water partition coefficient (Wildman–Crippen LogP) is 3.23. The molecular weight excluding hydrogens is 354 g/mol. The first-order valence-electron chi connectivity index (χ1n) is 8.08. The van der Waals surface area contributed by atoms with E-state index in [9.17, 15) is 4.79 Å². The molecule has 1 aromatic heterocycles. The molecular formula is C19H20ClN3O3. The second-order valence-corrected chi connectivity index (χ2v) is 6.47. The molecule has 1 N–H and O–H groups in total. The van der Waals surface area contributed by atoms with Crippen LogP contribution in [0.4, 0.5) is 0 Å². The number of ether oxygens (including phenoxy) is 2. The highest BCUT2D eigenvalue weighted by atomic mass is 35.5. The van der Waals surface area contributed by atoms with Crippen LogP contribution in [-0.4, -0.2) is 36.1 Å². The number of nitrogens with one attached hydrogen (secondary N) is 1. The molecule has 0 spiro atoms. The molecule has 0 fully saturated rings. The average molecular weight is 374 g/mol. The summed E-state index contributed by atoms with van der Waals surface area (Å²) in [6.45, 7) is 1.16. The lowest BCUT2D eigenvalue weighted by molar-refractivity contribution is 0.308. The monoisotopic (exact) mass is 373 g/mol. The van der Waals surface area contributed by atoms with Crippen LogP contribution in [0, 0.1) is 0 Å². The zero-order valence-corrected chi connectivity index (χ0v) is 15.6. The van der Waals surface area contributed by atoms with Crippen LogP contribution in [0.15, 0.2) is 41.2 Å². The van der Waals surface area contributed by atoms with E-state index in [2.05, 4.69) is 14.9 Å². The summed E-state index contributed by atoms with van der Waals surface area (Å²) in [5.41, 5.74) is 1.49. The van der Waals surface area contributed by atoms with Crippen molar-refractivity contribution in [3.8, 4) is 11.5 Å². The van der Waals surface area contributed by atoms with Crippen LogP contribution < -0.4 is 15.0 Å². The summed E-state index contributed by atoms with van der Waals surface area (Å²) in [6, 6.07) is 10.9. The van der Waals surface area contributed by atoms with E-state index in [4.69, 9.17) is 21.1 Å². The van der Waals surface area contributed by atoms with Crippen molar-refractivity contribution in [2.45, 2.75) is 13.1 Å². The van der Waals surface area contributed by atoms with E-state index < -0.39 is 0 Å². The Hall–Kier alpha value is -2.57. The highest BCUT2D eigenvalue weighted by Crippen LogP contribution is 2.28. The van der Waals surface area contributed by atoms with Gasteiger partial charge in [0.15, 0.2) is 11.5 Å². The molecule has 0 unspecified atom stereocenters. The number of aromatic amines is 1. The Morgan fingerprint density at radius 2 is 1.85 bits per heavy atom. The van der Waals surface area contributed by atoms with E-state index in [1.807, 2.05) is 25.2 Å². The maximum absolute atomic E-state index is 12.2. The summed E-state index contributed by atoms with van der Waals surface area (Å²) in [7, 11) is 5.18. The fourth-order valence-corrected chi connectivity index (χ4v) is 3.00. The lowest BCUT2D eigenvalue weighted by Crippen LogP contribution is -2.21. The number of fused-ring (bicyclic) bond motifs is 1. The van der Waals surface area contributed by atoms with Crippen molar-refractivity contribution in [1.82, 2.24) is 14.9 Å². The SMILES string of the molecule is COc1ccc(CN(C)Cc2nc3cc(Cl)ccc3c(=O)[nH]2)cc1OC. The van der Waals surface area contributed by atoms with Gasteiger partial charge in [-0.3, -0.25) is 9.69 Å². The predicted molar refractivity (Wildman–Crippen MR) is 102 cm³/mol. The van der Waals surface area contributed by atoms with Gasteiger partial charge in [0.2, 0.25) is 0 Å². The van der Waals surface area contributed by atoms with E-state index in [0.717, 1.165) is 5.56 Å². The van der Waals surface area contributed by atoms with Crippen LogP contribution >= 0.6 is 11.6 Å². The molecule has 0 aliphatic carbocycles. The Labute approximate surface area is 156 Å². The Bertz CT molecular complexity index is 987. The molecule has 2 aromatic carbocycles. The Morgan fingerprint density at radius 1 is 1.08 bits per heavy atom. The van der Waals surface area contributed by atoms with Crippen LogP contribution in [0.5, 0.6) is 11.5 Å². The molecule has 6 nitrogen and oxygen atoms in total. The molecule has 7 heteroatoms. The van der Waals surface area contributed by atoms with Crippen molar-refractivity contribution in [3.63, 3.8) is 0 Å². The van der Waals surface area contributed by atoms with Gasteiger partial charge in [0, 0.05) is 11.6 Å². The molecule has 0 aliphatic rings. The number of hydrogen-bond acceptors (Lipinski definition) is 5. The number of rotatable bonds is 6. The van der Waals surface area contributed by atoms with Gasteiger partial charge in [-0.05, 0) is 42.9 Å². The van der Waals surface area contributed by atoms with Crippen molar-refractivity contribution >= 4 is 22.5 Å². The minimum absolute atomic E-state index is 0.166. The van der Waals surface area contributed by atoms with Gasteiger partial charge in [0.1, 0.15) is 5.82 Å². The fourth-order valence-electron chi connectivity index (χ4n) is 2.84. The van der Waals surface area contributed by atoms with Crippen LogP contribution in [0.25, 0.3) is 10.9 Å². The number of halogens is 1. The largest absolute Gasteiger partial charge is 0.493 e. The topological polar surface area (TPSA) is 67.5 Å². The van der Waals surface area contributed by atoms with Gasteiger partial charge in [-0.25, -0.2) is 4.98 Å². The van der Waals surface area contributed by atoms with Crippen molar-refractivity contribution in [2.24, 2.45) is 0 Å². The summed E-state index contributed by atoms with van der Waals surface area (Å²) in [5, 5.41) is 1.08. The number of nitrogens with zero attached hydrogens (tertiary/aromatic N) is 2. The number of benzene rings is 2. The van der Waals surface area contributed by atoms with Gasteiger partial charge in [0.05, 0.1) is 31.7 Å². The Kier molecular flexibility index (Phi) is 5.44. The van der Waals surface area contributed by atoms with Crippen LogP contribution in [0.1, 0.15) is 11.4 Å². The van der Waals surface area contributed by atoms with Gasteiger partial charge in [0.25, 0.3) is 5.56 Å². The second kappa shape index (κ2) is 7.76. The fraction of sp³-hybridized carbons (Fsp3) is 0.263. The Morgan fingerprint density at radius 3 is 2.58 bits per heavy atom. The standard InChI is InChI=1S/C19H20ClN3O3/c1-23(10-12-4-7-16(25-2)17(8-12)26-3)11-18-21-15-9-13(20)5-6-14(15)19(24)22-18/h4-9H,10-11H2,1-3H3,(H,21,22,24). The minimum atomic E-state index is -0.166. The van der Waals surface area contributed by atoms with Gasteiger partial charge in [-0.1, -0.05) is 17.7 Å². The maximum Gasteiger partial charge on any atom is 0.258 e. The summed E-state index contributed by atoms with van der Waals surface area (Å²) in [6.07, 6.45) is 0. The molecule has 0 saturated heterocycles. The van der Waals surface area contributed by atoms with Gasteiger partial charge in [-0.2, -0.15) is 0 Å². The summed E-state index contributed by atoms with van der Waals surface area (Å²) in [5.74, 6) is 1.97. The third-order valence-electron chi connectivity index (χ3n) is 4.04. The Balaban J connectivity index is 1.79. The molecule has 0 bridgehead atoms. The molecule has 0 amide bonds. The van der Waals surface area contributed by atoms with Gasteiger partial charge < -0.3 is 14.5 Å². The van der Waals surface area contributed by atoms with Gasteiger partial charge >= 0.3 is 0 Å². The van der Waals surface area contributed by atoms with Crippen LogP contribution in [0.2, 0.25) is 5.02 Å². The first-order valence-corrected chi connectivity index (χ1v) is 8.46. The number of aromatic nitrogens is 2. The molecule has 0 saturated carbocycles. The highest BCUT2D eigenvalue weighted by Gasteiger charge is 2.10. The average Bonchev–Trinajstić information content (AvgIpc) is 2.61. The molecule has 0 radical (unpaired) electrons. The summed E-state index contributed by atoms with van der Waals surface area (Å²) < 4.78 is 10.6. The lowest BCUT2D eigenvalue weighted by Gasteiger charge is -2.17. The second-order valence-electron chi connectivity index (χ2n) is 6.04. The third-order valence-corrected chi connectivity index (χ3v) is 4.27. The van der Waals surface area contributed by atoms with Crippen LogP contribution in [-0.2, 0) is 13.1 Å². The quantitative estimate of drug-likeness (QED) is 0.718. The van der Waals surface area contributed by atoms with Crippen molar-refractivity contribution < 1.29 is 9.47 Å². The maximum atomic E-state index is 12.2. The number of hydrogen-bond donors (Lipinski definition) is 1. The van der Waals surface area contributed by atoms with Crippen molar-refractivity contribution in [2.75, 3.05) is 21.3 Å². The first kappa shape index (κ1) is 18.2. The molecule has 3 rings (SSSR count). The zero-order valence-electron chi connectivity index (χ0n) is 14.9. The zero-order chi connectivity index (χ0) is 18.7. The van der Waals surface area contributed by atoms with E-state index >= 15 is 0 Å². The smallest absolute Gasteiger partial charge is 0.258 e. The highest BCUT2D eigenvalue weighted by molar-refractivity contribution is 6.31. The summed E-state index contributed by atoms with van der Waals surface area (Å²) in [4.78, 5) is 21.6. The van der Waals surface area contributed by atoms with E-state index in [-0.39, 0.29) is 5.56 Å².